The van der Waals surface area contributed by atoms with Crippen LogP contribution in [0, 0.1) is 5.92 Å². The number of rotatable bonds is 4. The molecule has 0 aromatic heterocycles. The molecule has 0 radical (unpaired) electrons. The van der Waals surface area contributed by atoms with Gasteiger partial charge >= 0.3 is 0 Å². The molecule has 0 aromatic carbocycles. The summed E-state index contributed by atoms with van der Waals surface area (Å²) in [5.74, 6) is 1.16. The van der Waals surface area contributed by atoms with Crippen molar-refractivity contribution < 1.29 is 8.42 Å². The summed E-state index contributed by atoms with van der Waals surface area (Å²) in [6, 6.07) is 0. The Balaban J connectivity index is 1.95. The minimum Gasteiger partial charge on any atom is -0.310 e. The summed E-state index contributed by atoms with van der Waals surface area (Å²) in [5, 5.41) is 3.71. The molecule has 112 valence electrons. The van der Waals surface area contributed by atoms with Gasteiger partial charge in [0.25, 0.3) is 0 Å². The second kappa shape index (κ2) is 6.10. The van der Waals surface area contributed by atoms with Gasteiger partial charge in [-0.15, -0.1) is 0 Å². The van der Waals surface area contributed by atoms with Crippen molar-refractivity contribution in [2.75, 3.05) is 37.7 Å². The predicted molar refractivity (Wildman–Crippen MR) is 79.1 cm³/mol. The molecule has 2 rings (SSSR count). The fourth-order valence-electron chi connectivity index (χ4n) is 3.48. The standard InChI is InChI=1S/C14H28N2O2S/c1-3-14(4-2)12-16(8-5-7-15-14)10-13-6-9-19(17,18)11-13/h13,15H,3-12H2,1-2H3. The van der Waals surface area contributed by atoms with E-state index in [1.165, 1.54) is 6.42 Å². The molecule has 0 aliphatic carbocycles. The van der Waals surface area contributed by atoms with Crippen LogP contribution in [-0.2, 0) is 9.84 Å². The smallest absolute Gasteiger partial charge is 0.150 e. The first-order valence-corrected chi connectivity index (χ1v) is 9.48. The Morgan fingerprint density at radius 1 is 1.32 bits per heavy atom. The Morgan fingerprint density at radius 3 is 2.63 bits per heavy atom. The van der Waals surface area contributed by atoms with Gasteiger partial charge in [0.1, 0.15) is 0 Å². The van der Waals surface area contributed by atoms with Crippen LogP contribution in [0.1, 0.15) is 39.5 Å². The largest absolute Gasteiger partial charge is 0.310 e. The van der Waals surface area contributed by atoms with E-state index < -0.39 is 9.84 Å². The number of nitrogens with zero attached hydrogens (tertiary/aromatic N) is 1. The van der Waals surface area contributed by atoms with E-state index in [2.05, 4.69) is 24.1 Å². The summed E-state index contributed by atoms with van der Waals surface area (Å²) in [5.41, 5.74) is 0.230. The Kier molecular flexibility index (Phi) is 4.90. The van der Waals surface area contributed by atoms with Crippen molar-refractivity contribution >= 4 is 9.84 Å². The molecule has 0 aromatic rings. The van der Waals surface area contributed by atoms with Crippen LogP contribution in [0.2, 0.25) is 0 Å². The van der Waals surface area contributed by atoms with Crippen molar-refractivity contribution in [3.8, 4) is 0 Å². The lowest BCUT2D eigenvalue weighted by molar-refractivity contribution is 0.179. The van der Waals surface area contributed by atoms with Gasteiger partial charge < -0.3 is 10.2 Å². The zero-order valence-electron chi connectivity index (χ0n) is 12.3. The van der Waals surface area contributed by atoms with Gasteiger partial charge in [0.2, 0.25) is 0 Å². The molecule has 2 saturated heterocycles. The number of nitrogens with one attached hydrogen (secondary N) is 1. The number of hydrogen-bond acceptors (Lipinski definition) is 4. The van der Waals surface area contributed by atoms with Gasteiger partial charge in [0, 0.05) is 18.6 Å². The lowest BCUT2D eigenvalue weighted by Gasteiger charge is -2.36. The third kappa shape index (κ3) is 3.92. The molecule has 1 unspecified atom stereocenters. The van der Waals surface area contributed by atoms with E-state index in [-0.39, 0.29) is 5.54 Å². The molecule has 1 atom stereocenters. The fourth-order valence-corrected chi connectivity index (χ4v) is 5.33. The van der Waals surface area contributed by atoms with Crippen molar-refractivity contribution in [3.63, 3.8) is 0 Å². The molecule has 2 aliphatic heterocycles. The van der Waals surface area contributed by atoms with Crippen LogP contribution in [0.25, 0.3) is 0 Å². The highest BCUT2D eigenvalue weighted by Crippen LogP contribution is 2.24. The highest BCUT2D eigenvalue weighted by molar-refractivity contribution is 7.91. The van der Waals surface area contributed by atoms with Crippen molar-refractivity contribution in [2.24, 2.45) is 5.92 Å². The lowest BCUT2D eigenvalue weighted by atomic mass is 9.92. The summed E-state index contributed by atoms with van der Waals surface area (Å²) in [6.45, 7) is 8.71. The monoisotopic (exact) mass is 288 g/mol. The Bertz CT molecular complexity index is 390. The first kappa shape index (κ1) is 15.3. The van der Waals surface area contributed by atoms with Gasteiger partial charge in [-0.25, -0.2) is 8.42 Å². The van der Waals surface area contributed by atoms with E-state index in [1.54, 1.807) is 0 Å². The van der Waals surface area contributed by atoms with E-state index >= 15 is 0 Å². The van der Waals surface area contributed by atoms with Gasteiger partial charge in [-0.1, -0.05) is 13.8 Å². The highest BCUT2D eigenvalue weighted by Gasteiger charge is 2.33. The maximum absolute atomic E-state index is 11.6. The van der Waals surface area contributed by atoms with Crippen LogP contribution in [-0.4, -0.2) is 56.5 Å². The predicted octanol–water partition coefficient (Wildman–Crippen LogP) is 1.28. The Hall–Kier alpha value is -0.130. The van der Waals surface area contributed by atoms with Gasteiger partial charge in [-0.3, -0.25) is 0 Å². The summed E-state index contributed by atoms with van der Waals surface area (Å²) < 4.78 is 23.1. The summed E-state index contributed by atoms with van der Waals surface area (Å²) >= 11 is 0. The van der Waals surface area contributed by atoms with Crippen molar-refractivity contribution in [1.29, 1.82) is 0 Å². The molecule has 0 bridgehead atoms. The summed E-state index contributed by atoms with van der Waals surface area (Å²) in [4.78, 5) is 2.50. The van der Waals surface area contributed by atoms with Crippen LogP contribution in [0.3, 0.4) is 0 Å². The van der Waals surface area contributed by atoms with Crippen LogP contribution < -0.4 is 5.32 Å². The highest BCUT2D eigenvalue weighted by atomic mass is 32.2. The number of hydrogen-bond donors (Lipinski definition) is 1. The normalized spacial score (nSPS) is 31.2. The third-order valence-electron chi connectivity index (χ3n) is 4.87. The van der Waals surface area contributed by atoms with Crippen molar-refractivity contribution in [3.05, 3.63) is 0 Å². The zero-order chi connectivity index (χ0) is 13.9. The first-order chi connectivity index (χ1) is 8.99. The van der Waals surface area contributed by atoms with Crippen LogP contribution in [0.5, 0.6) is 0 Å². The maximum atomic E-state index is 11.6. The van der Waals surface area contributed by atoms with Gasteiger partial charge in [-0.05, 0) is 44.7 Å². The van der Waals surface area contributed by atoms with E-state index in [9.17, 15) is 8.42 Å². The Labute approximate surface area is 117 Å². The van der Waals surface area contributed by atoms with E-state index in [4.69, 9.17) is 0 Å². The van der Waals surface area contributed by atoms with Crippen molar-refractivity contribution in [1.82, 2.24) is 10.2 Å². The van der Waals surface area contributed by atoms with Gasteiger partial charge in [-0.2, -0.15) is 0 Å². The average Bonchev–Trinajstić information content (AvgIpc) is 2.61. The molecule has 19 heavy (non-hydrogen) atoms. The molecular formula is C14H28N2O2S. The van der Waals surface area contributed by atoms with E-state index in [0.717, 1.165) is 45.4 Å². The minimum atomic E-state index is -2.74. The molecule has 2 fully saturated rings. The molecule has 0 amide bonds. The number of sulfone groups is 1. The minimum absolute atomic E-state index is 0.230. The molecular weight excluding hydrogens is 260 g/mol. The SMILES string of the molecule is CCC1(CC)CN(CC2CCS(=O)(=O)C2)CCCN1. The van der Waals surface area contributed by atoms with Crippen molar-refractivity contribution in [2.45, 2.75) is 45.1 Å². The quantitative estimate of drug-likeness (QED) is 0.846. The zero-order valence-corrected chi connectivity index (χ0v) is 13.1. The fraction of sp³-hybridized carbons (Fsp3) is 1.00. The molecule has 5 heteroatoms. The topological polar surface area (TPSA) is 49.4 Å². The summed E-state index contributed by atoms with van der Waals surface area (Å²) in [6.07, 6.45) is 4.31. The van der Waals surface area contributed by atoms with Crippen LogP contribution in [0.4, 0.5) is 0 Å². The molecule has 2 aliphatic rings. The van der Waals surface area contributed by atoms with E-state index in [0.29, 0.717) is 17.4 Å². The molecule has 1 N–H and O–H groups in total. The third-order valence-corrected chi connectivity index (χ3v) is 6.71. The second-order valence-corrected chi connectivity index (χ2v) is 8.50. The molecule has 2 heterocycles. The lowest BCUT2D eigenvalue weighted by Crippen LogP contribution is -2.51. The van der Waals surface area contributed by atoms with Gasteiger partial charge in [0.15, 0.2) is 9.84 Å². The Morgan fingerprint density at radius 2 is 2.05 bits per heavy atom. The first-order valence-electron chi connectivity index (χ1n) is 7.66. The summed E-state index contributed by atoms with van der Waals surface area (Å²) in [7, 11) is -2.74. The molecule has 4 nitrogen and oxygen atoms in total. The molecule has 0 spiro atoms. The van der Waals surface area contributed by atoms with E-state index in [1.807, 2.05) is 0 Å². The average molecular weight is 288 g/mol. The maximum Gasteiger partial charge on any atom is 0.150 e. The second-order valence-electron chi connectivity index (χ2n) is 6.27. The van der Waals surface area contributed by atoms with Crippen LogP contribution in [0.15, 0.2) is 0 Å². The van der Waals surface area contributed by atoms with Crippen LogP contribution >= 0.6 is 0 Å². The van der Waals surface area contributed by atoms with Gasteiger partial charge in [0.05, 0.1) is 11.5 Å². The molecule has 0 saturated carbocycles.